The lowest BCUT2D eigenvalue weighted by Crippen LogP contribution is -2.30. The summed E-state index contributed by atoms with van der Waals surface area (Å²) in [6, 6.07) is 19.0. The van der Waals surface area contributed by atoms with Crippen LogP contribution in [0, 0.1) is 0 Å². The number of hydrogen-bond acceptors (Lipinski definition) is 5. The first-order valence-electron chi connectivity index (χ1n) is 8.72. The summed E-state index contributed by atoms with van der Waals surface area (Å²) in [6.07, 6.45) is 4.46. The van der Waals surface area contributed by atoms with Crippen LogP contribution in [-0.2, 0) is 20.9 Å². The second-order valence-corrected chi connectivity index (χ2v) is 6.06. The lowest BCUT2D eigenvalue weighted by Gasteiger charge is -2.16. The fourth-order valence-corrected chi connectivity index (χ4v) is 2.46. The SMILES string of the molecule is CN(C(=O)COC(=O)/C=C/c1cn(Cc2ccccc2)nn1)c1ccccc1. The van der Waals surface area contributed by atoms with Gasteiger partial charge in [0, 0.05) is 18.8 Å². The lowest BCUT2D eigenvalue weighted by atomic mass is 10.2. The monoisotopic (exact) mass is 376 g/mol. The average molecular weight is 376 g/mol. The van der Waals surface area contributed by atoms with Crippen LogP contribution >= 0.6 is 0 Å². The van der Waals surface area contributed by atoms with Crippen LogP contribution in [-0.4, -0.2) is 40.5 Å². The van der Waals surface area contributed by atoms with Crippen LogP contribution in [0.5, 0.6) is 0 Å². The van der Waals surface area contributed by atoms with Gasteiger partial charge in [0.15, 0.2) is 6.61 Å². The van der Waals surface area contributed by atoms with E-state index in [9.17, 15) is 9.59 Å². The van der Waals surface area contributed by atoms with Gasteiger partial charge < -0.3 is 9.64 Å². The molecule has 0 saturated carbocycles. The zero-order valence-corrected chi connectivity index (χ0v) is 15.4. The normalized spacial score (nSPS) is 10.8. The van der Waals surface area contributed by atoms with E-state index in [0.29, 0.717) is 12.2 Å². The van der Waals surface area contributed by atoms with Gasteiger partial charge in [0.05, 0.1) is 12.7 Å². The molecule has 0 fully saturated rings. The second kappa shape index (κ2) is 9.27. The summed E-state index contributed by atoms with van der Waals surface area (Å²) in [6.45, 7) is 0.252. The number of aromatic nitrogens is 3. The fourth-order valence-electron chi connectivity index (χ4n) is 2.46. The van der Waals surface area contributed by atoms with Crippen molar-refractivity contribution >= 4 is 23.6 Å². The molecular formula is C21H20N4O3. The van der Waals surface area contributed by atoms with Crippen LogP contribution in [0.1, 0.15) is 11.3 Å². The van der Waals surface area contributed by atoms with Crippen molar-refractivity contribution in [1.82, 2.24) is 15.0 Å². The van der Waals surface area contributed by atoms with Gasteiger partial charge in [-0.3, -0.25) is 4.79 Å². The van der Waals surface area contributed by atoms with Crippen molar-refractivity contribution in [2.75, 3.05) is 18.6 Å². The Hall–Kier alpha value is -3.74. The van der Waals surface area contributed by atoms with Crippen LogP contribution in [0.25, 0.3) is 6.08 Å². The number of esters is 1. The molecule has 0 spiro atoms. The Bertz CT molecular complexity index is 952. The molecule has 142 valence electrons. The van der Waals surface area contributed by atoms with Crippen molar-refractivity contribution < 1.29 is 14.3 Å². The number of likely N-dealkylation sites (N-methyl/N-ethyl adjacent to an activating group) is 1. The quantitative estimate of drug-likeness (QED) is 0.468. The van der Waals surface area contributed by atoms with E-state index in [1.165, 1.54) is 17.1 Å². The van der Waals surface area contributed by atoms with Gasteiger partial charge in [-0.1, -0.05) is 53.7 Å². The fraction of sp³-hybridized carbons (Fsp3) is 0.143. The molecule has 0 unspecified atom stereocenters. The van der Waals surface area contributed by atoms with Crippen molar-refractivity contribution in [2.45, 2.75) is 6.54 Å². The topological polar surface area (TPSA) is 77.3 Å². The molecular weight excluding hydrogens is 356 g/mol. The minimum Gasteiger partial charge on any atom is -0.452 e. The number of benzene rings is 2. The highest BCUT2D eigenvalue weighted by Gasteiger charge is 2.12. The Labute approximate surface area is 162 Å². The molecule has 3 aromatic rings. The van der Waals surface area contributed by atoms with Gasteiger partial charge in [-0.25, -0.2) is 9.48 Å². The van der Waals surface area contributed by atoms with Crippen LogP contribution in [0.4, 0.5) is 5.69 Å². The summed E-state index contributed by atoms with van der Waals surface area (Å²) in [7, 11) is 1.63. The summed E-state index contributed by atoms with van der Waals surface area (Å²) in [4.78, 5) is 25.4. The minimum absolute atomic E-state index is 0.318. The van der Waals surface area contributed by atoms with E-state index < -0.39 is 5.97 Å². The van der Waals surface area contributed by atoms with Gasteiger partial charge >= 0.3 is 5.97 Å². The van der Waals surface area contributed by atoms with Crippen molar-refractivity contribution in [3.05, 3.63) is 84.2 Å². The molecule has 0 aliphatic heterocycles. The van der Waals surface area contributed by atoms with Gasteiger partial charge in [-0.05, 0) is 23.8 Å². The number of amides is 1. The number of hydrogen-bond donors (Lipinski definition) is 0. The molecule has 0 aliphatic rings. The molecule has 1 aromatic heterocycles. The highest BCUT2D eigenvalue weighted by atomic mass is 16.5. The van der Waals surface area contributed by atoms with Crippen molar-refractivity contribution in [3.8, 4) is 0 Å². The van der Waals surface area contributed by atoms with E-state index in [1.54, 1.807) is 30.1 Å². The molecule has 3 rings (SSSR count). The van der Waals surface area contributed by atoms with Crippen LogP contribution in [0.3, 0.4) is 0 Å². The first kappa shape index (κ1) is 19.0. The summed E-state index contributed by atoms with van der Waals surface area (Å²) >= 11 is 0. The van der Waals surface area contributed by atoms with Gasteiger partial charge in [0.2, 0.25) is 0 Å². The maximum Gasteiger partial charge on any atom is 0.331 e. The number of anilines is 1. The number of ether oxygens (including phenoxy) is 1. The highest BCUT2D eigenvalue weighted by Crippen LogP contribution is 2.11. The summed E-state index contributed by atoms with van der Waals surface area (Å²) in [5.41, 5.74) is 2.36. The molecule has 28 heavy (non-hydrogen) atoms. The predicted octanol–water partition coefficient (Wildman–Crippen LogP) is 2.55. The standard InChI is InChI=1S/C21H20N4O3/c1-24(19-10-6-3-7-11-19)20(26)16-28-21(27)13-12-18-15-25(23-22-18)14-17-8-4-2-5-9-17/h2-13,15H,14,16H2,1H3/b13-12+. The number of para-hydroxylation sites is 1. The minimum atomic E-state index is -0.618. The first-order valence-corrected chi connectivity index (χ1v) is 8.72. The lowest BCUT2D eigenvalue weighted by molar-refractivity contribution is -0.142. The summed E-state index contributed by atoms with van der Waals surface area (Å²) < 4.78 is 6.68. The largest absolute Gasteiger partial charge is 0.452 e. The maximum atomic E-state index is 12.1. The van der Waals surface area contributed by atoms with Crippen LogP contribution < -0.4 is 4.90 Å². The van der Waals surface area contributed by atoms with Crippen molar-refractivity contribution in [3.63, 3.8) is 0 Å². The third-order valence-electron chi connectivity index (χ3n) is 3.99. The average Bonchev–Trinajstić information content (AvgIpc) is 3.18. The zero-order valence-electron chi connectivity index (χ0n) is 15.4. The van der Waals surface area contributed by atoms with Gasteiger partial charge in [0.1, 0.15) is 5.69 Å². The second-order valence-electron chi connectivity index (χ2n) is 6.06. The van der Waals surface area contributed by atoms with E-state index in [2.05, 4.69) is 10.3 Å². The molecule has 0 aliphatic carbocycles. The molecule has 0 bridgehead atoms. The van der Waals surface area contributed by atoms with Crippen molar-refractivity contribution in [1.29, 1.82) is 0 Å². The Morgan fingerprint density at radius 3 is 2.46 bits per heavy atom. The molecule has 1 amide bonds. The van der Waals surface area contributed by atoms with Gasteiger partial charge in [0.25, 0.3) is 5.91 Å². The number of carbonyl (C=O) groups is 2. The summed E-state index contributed by atoms with van der Waals surface area (Å²) in [5.74, 6) is -0.936. The molecule has 7 heteroatoms. The van der Waals surface area contributed by atoms with Crippen LogP contribution in [0.2, 0.25) is 0 Å². The van der Waals surface area contributed by atoms with Crippen molar-refractivity contribution in [2.24, 2.45) is 0 Å². The van der Waals surface area contributed by atoms with E-state index in [1.807, 2.05) is 48.5 Å². The molecule has 0 atom stereocenters. The number of carbonyl (C=O) groups excluding carboxylic acids is 2. The van der Waals surface area contributed by atoms with E-state index >= 15 is 0 Å². The highest BCUT2D eigenvalue weighted by molar-refractivity contribution is 5.96. The Morgan fingerprint density at radius 2 is 1.75 bits per heavy atom. The number of nitrogens with zero attached hydrogens (tertiary/aromatic N) is 4. The van der Waals surface area contributed by atoms with Gasteiger partial charge in [-0.2, -0.15) is 0 Å². The summed E-state index contributed by atoms with van der Waals surface area (Å²) in [5, 5.41) is 8.01. The number of rotatable bonds is 7. The van der Waals surface area contributed by atoms with E-state index in [0.717, 1.165) is 11.3 Å². The Balaban J connectivity index is 1.48. The molecule has 0 saturated heterocycles. The Morgan fingerprint density at radius 1 is 1.07 bits per heavy atom. The Kier molecular flexibility index (Phi) is 6.30. The molecule has 7 nitrogen and oxygen atoms in total. The van der Waals surface area contributed by atoms with E-state index in [-0.39, 0.29) is 12.5 Å². The third-order valence-corrected chi connectivity index (χ3v) is 3.99. The van der Waals surface area contributed by atoms with Crippen LogP contribution in [0.15, 0.2) is 72.9 Å². The third kappa shape index (κ3) is 5.38. The molecule has 0 radical (unpaired) electrons. The van der Waals surface area contributed by atoms with E-state index in [4.69, 9.17) is 4.74 Å². The van der Waals surface area contributed by atoms with Gasteiger partial charge in [-0.15, -0.1) is 5.10 Å². The maximum absolute atomic E-state index is 12.1. The predicted molar refractivity (Wildman–Crippen MR) is 105 cm³/mol. The smallest absolute Gasteiger partial charge is 0.331 e. The molecule has 1 heterocycles. The first-order chi connectivity index (χ1) is 13.6. The molecule has 0 N–H and O–H groups in total. The zero-order chi connectivity index (χ0) is 19.8. The molecule has 2 aromatic carbocycles.